The summed E-state index contributed by atoms with van der Waals surface area (Å²) in [6.45, 7) is 0. The highest BCUT2D eigenvalue weighted by molar-refractivity contribution is 6.11. The predicted molar refractivity (Wildman–Crippen MR) is 79.7 cm³/mol. The van der Waals surface area contributed by atoms with E-state index in [1.54, 1.807) is 0 Å². The van der Waals surface area contributed by atoms with Crippen molar-refractivity contribution in [2.45, 2.75) is 0 Å². The van der Waals surface area contributed by atoms with E-state index in [0.29, 0.717) is 0 Å². The Balaban J connectivity index is 2.84. The minimum atomic E-state index is -1.60. The lowest BCUT2D eigenvalue weighted by Gasteiger charge is -2.13. The standard InChI is InChI=1S/C16H10O8/c17-13(18)8-3-1-7(2-4-8)11-9(14(19)20)5-6-10(15(21)22)12(11)16(23)24/h1-6H,(H,17,18)(H,19,20)(H,21,22)(H,23,24). The molecule has 4 N–H and O–H groups in total. The first-order chi connectivity index (χ1) is 11.2. The number of aromatic carboxylic acids is 4. The molecule has 0 bridgehead atoms. The third-order valence-corrected chi connectivity index (χ3v) is 3.30. The van der Waals surface area contributed by atoms with Crippen LogP contribution in [0.2, 0.25) is 0 Å². The highest BCUT2D eigenvalue weighted by atomic mass is 16.4. The average molecular weight is 330 g/mol. The number of benzene rings is 2. The lowest BCUT2D eigenvalue weighted by Crippen LogP contribution is -2.13. The number of carbonyl (C=O) groups is 4. The molecule has 8 heteroatoms. The predicted octanol–water partition coefficient (Wildman–Crippen LogP) is 2.15. The van der Waals surface area contributed by atoms with E-state index >= 15 is 0 Å². The van der Waals surface area contributed by atoms with Gasteiger partial charge in [-0.25, -0.2) is 19.2 Å². The molecule has 0 fully saturated rings. The Morgan fingerprint density at radius 1 is 0.583 bits per heavy atom. The largest absolute Gasteiger partial charge is 0.478 e. The Labute approximate surface area is 134 Å². The van der Waals surface area contributed by atoms with Gasteiger partial charge in [0.1, 0.15) is 0 Å². The summed E-state index contributed by atoms with van der Waals surface area (Å²) < 4.78 is 0. The Morgan fingerprint density at radius 2 is 1.08 bits per heavy atom. The molecule has 0 saturated heterocycles. The fourth-order valence-electron chi connectivity index (χ4n) is 2.26. The number of hydrogen-bond acceptors (Lipinski definition) is 4. The van der Waals surface area contributed by atoms with Crippen molar-refractivity contribution < 1.29 is 39.6 Å². The van der Waals surface area contributed by atoms with Gasteiger partial charge >= 0.3 is 23.9 Å². The second-order valence-electron chi connectivity index (χ2n) is 4.71. The van der Waals surface area contributed by atoms with Gasteiger partial charge in [0.25, 0.3) is 0 Å². The maximum Gasteiger partial charge on any atom is 0.337 e. The maximum absolute atomic E-state index is 11.5. The molecule has 2 rings (SSSR count). The number of carboxylic acid groups (broad SMARTS) is 4. The summed E-state index contributed by atoms with van der Waals surface area (Å²) in [6, 6.07) is 6.69. The Hall–Kier alpha value is -3.68. The first-order valence-corrected chi connectivity index (χ1v) is 6.44. The second-order valence-corrected chi connectivity index (χ2v) is 4.71. The normalized spacial score (nSPS) is 10.2. The van der Waals surface area contributed by atoms with Crippen LogP contribution in [0.3, 0.4) is 0 Å². The van der Waals surface area contributed by atoms with E-state index in [4.69, 9.17) is 10.2 Å². The van der Waals surface area contributed by atoms with Crippen LogP contribution in [0, 0.1) is 0 Å². The van der Waals surface area contributed by atoms with Crippen molar-refractivity contribution in [2.75, 3.05) is 0 Å². The lowest BCUT2D eigenvalue weighted by molar-refractivity contribution is 0.0650. The number of hydrogen-bond donors (Lipinski definition) is 4. The first-order valence-electron chi connectivity index (χ1n) is 6.44. The molecule has 0 spiro atoms. The molecule has 0 heterocycles. The quantitative estimate of drug-likeness (QED) is 0.651. The molecular formula is C16H10O8. The summed E-state index contributed by atoms with van der Waals surface area (Å²) in [4.78, 5) is 45.0. The third kappa shape index (κ3) is 2.93. The third-order valence-electron chi connectivity index (χ3n) is 3.30. The summed E-state index contributed by atoms with van der Waals surface area (Å²) >= 11 is 0. The molecular weight excluding hydrogens is 320 g/mol. The highest BCUT2D eigenvalue weighted by Gasteiger charge is 2.26. The van der Waals surface area contributed by atoms with Crippen LogP contribution in [0.5, 0.6) is 0 Å². The minimum absolute atomic E-state index is 0.0814. The molecule has 0 saturated carbocycles. The monoisotopic (exact) mass is 330 g/mol. The van der Waals surface area contributed by atoms with Crippen LogP contribution < -0.4 is 0 Å². The Bertz CT molecular complexity index is 864. The van der Waals surface area contributed by atoms with Gasteiger partial charge in [0.2, 0.25) is 0 Å². The van der Waals surface area contributed by atoms with Crippen molar-refractivity contribution in [2.24, 2.45) is 0 Å². The van der Waals surface area contributed by atoms with Gasteiger partial charge in [0.05, 0.1) is 22.3 Å². The van der Waals surface area contributed by atoms with Crippen LogP contribution in [-0.4, -0.2) is 44.3 Å². The van der Waals surface area contributed by atoms with Crippen LogP contribution in [0.15, 0.2) is 36.4 Å². The molecule has 0 aliphatic rings. The van der Waals surface area contributed by atoms with Crippen molar-refractivity contribution >= 4 is 23.9 Å². The van der Waals surface area contributed by atoms with Gasteiger partial charge in [-0.2, -0.15) is 0 Å². The van der Waals surface area contributed by atoms with Crippen LogP contribution in [0.25, 0.3) is 11.1 Å². The van der Waals surface area contributed by atoms with E-state index in [1.165, 1.54) is 24.3 Å². The highest BCUT2D eigenvalue weighted by Crippen LogP contribution is 2.31. The lowest BCUT2D eigenvalue weighted by atomic mass is 9.90. The van der Waals surface area contributed by atoms with Crippen molar-refractivity contribution in [3.05, 3.63) is 58.7 Å². The molecule has 0 atom stereocenters. The van der Waals surface area contributed by atoms with E-state index < -0.39 is 40.6 Å². The molecule has 0 unspecified atom stereocenters. The molecule has 0 amide bonds. The van der Waals surface area contributed by atoms with Gasteiger partial charge in [-0.05, 0) is 29.8 Å². The van der Waals surface area contributed by atoms with Gasteiger partial charge in [0.15, 0.2) is 0 Å². The fraction of sp³-hybridized carbons (Fsp3) is 0. The van der Waals surface area contributed by atoms with Crippen LogP contribution >= 0.6 is 0 Å². The van der Waals surface area contributed by atoms with E-state index in [-0.39, 0.29) is 16.7 Å². The van der Waals surface area contributed by atoms with Crippen LogP contribution in [0.1, 0.15) is 41.4 Å². The van der Waals surface area contributed by atoms with Crippen molar-refractivity contribution in [3.63, 3.8) is 0 Å². The number of rotatable bonds is 5. The van der Waals surface area contributed by atoms with Gasteiger partial charge in [0, 0.05) is 5.56 Å². The van der Waals surface area contributed by atoms with E-state index in [0.717, 1.165) is 12.1 Å². The zero-order valence-electron chi connectivity index (χ0n) is 11.9. The van der Waals surface area contributed by atoms with Gasteiger partial charge < -0.3 is 20.4 Å². The van der Waals surface area contributed by atoms with Gasteiger partial charge in [-0.1, -0.05) is 12.1 Å². The molecule has 2 aromatic rings. The topological polar surface area (TPSA) is 149 Å². The second kappa shape index (κ2) is 6.21. The van der Waals surface area contributed by atoms with Crippen molar-refractivity contribution in [1.82, 2.24) is 0 Å². The van der Waals surface area contributed by atoms with Crippen molar-refractivity contribution in [1.29, 1.82) is 0 Å². The molecule has 0 aliphatic heterocycles. The minimum Gasteiger partial charge on any atom is -0.478 e. The van der Waals surface area contributed by atoms with E-state index in [9.17, 15) is 29.4 Å². The molecule has 8 nitrogen and oxygen atoms in total. The molecule has 122 valence electrons. The Kier molecular flexibility index (Phi) is 4.32. The van der Waals surface area contributed by atoms with Crippen molar-refractivity contribution in [3.8, 4) is 11.1 Å². The zero-order chi connectivity index (χ0) is 18.0. The fourth-order valence-corrected chi connectivity index (χ4v) is 2.26. The van der Waals surface area contributed by atoms with Gasteiger partial charge in [-0.15, -0.1) is 0 Å². The smallest absolute Gasteiger partial charge is 0.337 e. The van der Waals surface area contributed by atoms with Crippen LogP contribution in [-0.2, 0) is 0 Å². The molecule has 0 aromatic heterocycles. The summed E-state index contributed by atoms with van der Waals surface area (Å²) in [6.07, 6.45) is 0. The summed E-state index contributed by atoms with van der Waals surface area (Å²) in [5, 5.41) is 36.7. The SMILES string of the molecule is O=C(O)c1ccc(-c2c(C(=O)O)ccc(C(=O)O)c2C(=O)O)cc1. The molecule has 0 radical (unpaired) electrons. The summed E-state index contributed by atoms with van der Waals surface area (Å²) in [5.41, 5.74) is -1.94. The summed E-state index contributed by atoms with van der Waals surface area (Å²) in [7, 11) is 0. The van der Waals surface area contributed by atoms with Gasteiger partial charge in [-0.3, -0.25) is 0 Å². The summed E-state index contributed by atoms with van der Waals surface area (Å²) in [5.74, 6) is -5.77. The number of carboxylic acids is 4. The average Bonchev–Trinajstić information content (AvgIpc) is 2.53. The molecule has 2 aromatic carbocycles. The van der Waals surface area contributed by atoms with Crippen LogP contribution in [0.4, 0.5) is 0 Å². The molecule has 24 heavy (non-hydrogen) atoms. The molecule has 0 aliphatic carbocycles. The Morgan fingerprint density at radius 3 is 1.50 bits per heavy atom. The first kappa shape index (κ1) is 16.7. The van der Waals surface area contributed by atoms with E-state index in [2.05, 4.69) is 0 Å². The van der Waals surface area contributed by atoms with E-state index in [1.807, 2.05) is 0 Å². The zero-order valence-corrected chi connectivity index (χ0v) is 11.9. The maximum atomic E-state index is 11.5.